The number of halogens is 2. The van der Waals surface area contributed by atoms with Gasteiger partial charge >= 0.3 is 0 Å². The van der Waals surface area contributed by atoms with Crippen molar-refractivity contribution >= 4 is 21.8 Å². The van der Waals surface area contributed by atoms with Crippen LogP contribution in [0.5, 0.6) is 0 Å². The molecule has 0 aliphatic heterocycles. The molecule has 0 saturated carbocycles. The van der Waals surface area contributed by atoms with Crippen molar-refractivity contribution < 1.29 is 9.18 Å². The molecule has 4 heteroatoms. The third-order valence-corrected chi connectivity index (χ3v) is 4.51. The first kappa shape index (κ1) is 14.3. The van der Waals surface area contributed by atoms with Gasteiger partial charge in [-0.15, -0.1) is 0 Å². The fraction of sp³-hybridized carbons (Fsp3) is 0.235. The quantitative estimate of drug-likeness (QED) is 0.877. The molecule has 108 valence electrons. The largest absolute Gasteiger partial charge is 0.349 e. The van der Waals surface area contributed by atoms with Crippen LogP contribution in [0.3, 0.4) is 0 Å². The van der Waals surface area contributed by atoms with Gasteiger partial charge in [0, 0.05) is 11.6 Å². The van der Waals surface area contributed by atoms with Crippen LogP contribution in [0.2, 0.25) is 0 Å². The molecule has 2 aromatic carbocycles. The van der Waals surface area contributed by atoms with Crippen LogP contribution in [0, 0.1) is 5.82 Å². The van der Waals surface area contributed by atoms with E-state index in [1.54, 1.807) is 12.1 Å². The standard InChI is InChI=1S/C17H15BrFNO/c18-15-8-6-13(10-16(15)19)17(21)20-14-7-5-11-3-1-2-4-12(11)9-14/h1-4,6,8,10,14H,5,7,9H2,(H,20,21). The van der Waals surface area contributed by atoms with Crippen LogP contribution >= 0.6 is 15.9 Å². The predicted octanol–water partition coefficient (Wildman–Crippen LogP) is 3.88. The number of rotatable bonds is 2. The van der Waals surface area contributed by atoms with Crippen molar-refractivity contribution in [1.29, 1.82) is 0 Å². The Balaban J connectivity index is 1.70. The summed E-state index contributed by atoms with van der Waals surface area (Å²) in [6, 6.07) is 12.9. The fourth-order valence-electron chi connectivity index (χ4n) is 2.73. The summed E-state index contributed by atoms with van der Waals surface area (Å²) >= 11 is 3.09. The van der Waals surface area contributed by atoms with Crippen molar-refractivity contribution in [2.24, 2.45) is 0 Å². The van der Waals surface area contributed by atoms with Crippen molar-refractivity contribution in [2.45, 2.75) is 25.3 Å². The monoisotopic (exact) mass is 347 g/mol. The maximum Gasteiger partial charge on any atom is 0.251 e. The summed E-state index contributed by atoms with van der Waals surface area (Å²) in [4.78, 5) is 12.2. The van der Waals surface area contributed by atoms with Gasteiger partial charge in [-0.05, 0) is 64.5 Å². The average Bonchev–Trinajstić information content (AvgIpc) is 2.50. The Labute approximate surface area is 131 Å². The molecule has 1 N–H and O–H groups in total. The fourth-order valence-corrected chi connectivity index (χ4v) is 2.97. The molecule has 0 fully saturated rings. The molecule has 0 bridgehead atoms. The summed E-state index contributed by atoms with van der Waals surface area (Å²) in [7, 11) is 0. The highest BCUT2D eigenvalue weighted by Gasteiger charge is 2.20. The Morgan fingerprint density at radius 3 is 2.71 bits per heavy atom. The van der Waals surface area contributed by atoms with E-state index in [0.717, 1.165) is 19.3 Å². The van der Waals surface area contributed by atoms with Crippen LogP contribution < -0.4 is 5.32 Å². The lowest BCUT2D eigenvalue weighted by atomic mass is 9.88. The van der Waals surface area contributed by atoms with E-state index in [1.807, 2.05) is 12.1 Å². The molecule has 0 heterocycles. The van der Waals surface area contributed by atoms with E-state index in [-0.39, 0.29) is 11.9 Å². The molecule has 1 aliphatic rings. The number of hydrogen-bond acceptors (Lipinski definition) is 1. The topological polar surface area (TPSA) is 29.1 Å². The van der Waals surface area contributed by atoms with E-state index in [1.165, 1.54) is 17.2 Å². The molecule has 2 nitrogen and oxygen atoms in total. The molecule has 0 spiro atoms. The van der Waals surface area contributed by atoms with E-state index in [0.29, 0.717) is 10.0 Å². The molecular weight excluding hydrogens is 333 g/mol. The lowest BCUT2D eigenvalue weighted by Crippen LogP contribution is -2.38. The molecule has 1 atom stereocenters. The van der Waals surface area contributed by atoms with Gasteiger partial charge in [-0.3, -0.25) is 4.79 Å². The van der Waals surface area contributed by atoms with Gasteiger partial charge in [-0.25, -0.2) is 4.39 Å². The van der Waals surface area contributed by atoms with E-state index >= 15 is 0 Å². The number of amides is 1. The minimum Gasteiger partial charge on any atom is -0.349 e. The number of hydrogen-bond donors (Lipinski definition) is 1. The molecule has 0 radical (unpaired) electrons. The number of benzene rings is 2. The Kier molecular flexibility index (Phi) is 4.06. The van der Waals surface area contributed by atoms with E-state index in [9.17, 15) is 9.18 Å². The predicted molar refractivity (Wildman–Crippen MR) is 83.8 cm³/mol. The van der Waals surface area contributed by atoms with Gasteiger partial charge < -0.3 is 5.32 Å². The third kappa shape index (κ3) is 3.16. The zero-order valence-corrected chi connectivity index (χ0v) is 13.0. The van der Waals surface area contributed by atoms with Crippen molar-refractivity contribution in [2.75, 3.05) is 0 Å². The van der Waals surface area contributed by atoms with Crippen LogP contribution in [0.1, 0.15) is 27.9 Å². The third-order valence-electron chi connectivity index (χ3n) is 3.86. The second kappa shape index (κ2) is 5.98. The normalized spacial score (nSPS) is 17.1. The van der Waals surface area contributed by atoms with Crippen LogP contribution in [-0.4, -0.2) is 11.9 Å². The van der Waals surface area contributed by atoms with Gasteiger partial charge in [0.2, 0.25) is 0 Å². The first-order valence-corrected chi connectivity index (χ1v) is 7.75. The number of aryl methyl sites for hydroxylation is 1. The van der Waals surface area contributed by atoms with Gasteiger partial charge in [0.05, 0.1) is 4.47 Å². The van der Waals surface area contributed by atoms with E-state index in [4.69, 9.17) is 0 Å². The zero-order valence-electron chi connectivity index (χ0n) is 11.4. The van der Waals surface area contributed by atoms with Gasteiger partial charge in [0.15, 0.2) is 0 Å². The van der Waals surface area contributed by atoms with Gasteiger partial charge in [-0.2, -0.15) is 0 Å². The SMILES string of the molecule is O=C(NC1CCc2ccccc2C1)c1ccc(Br)c(F)c1. The van der Waals surface area contributed by atoms with Gasteiger partial charge in [0.25, 0.3) is 5.91 Å². The van der Waals surface area contributed by atoms with Crippen LogP contribution in [-0.2, 0) is 12.8 Å². The molecule has 0 aromatic heterocycles. The van der Waals surface area contributed by atoms with Crippen molar-refractivity contribution in [1.82, 2.24) is 5.32 Å². The van der Waals surface area contributed by atoms with Gasteiger partial charge in [-0.1, -0.05) is 24.3 Å². The number of nitrogens with one attached hydrogen (secondary N) is 1. The summed E-state index contributed by atoms with van der Waals surface area (Å²) in [5.74, 6) is -0.637. The highest BCUT2D eigenvalue weighted by Crippen LogP contribution is 2.22. The molecule has 0 saturated heterocycles. The maximum absolute atomic E-state index is 13.5. The first-order valence-electron chi connectivity index (χ1n) is 6.96. The molecule has 21 heavy (non-hydrogen) atoms. The van der Waals surface area contributed by atoms with E-state index in [2.05, 4.69) is 33.4 Å². The smallest absolute Gasteiger partial charge is 0.251 e. The highest BCUT2D eigenvalue weighted by molar-refractivity contribution is 9.10. The van der Waals surface area contributed by atoms with Crippen molar-refractivity contribution in [3.8, 4) is 0 Å². The summed E-state index contributed by atoms with van der Waals surface area (Å²) in [6.45, 7) is 0. The van der Waals surface area contributed by atoms with E-state index < -0.39 is 5.82 Å². The number of carbonyl (C=O) groups excluding carboxylic acids is 1. The van der Waals surface area contributed by atoms with Gasteiger partial charge in [0.1, 0.15) is 5.82 Å². The molecule has 3 rings (SSSR count). The van der Waals surface area contributed by atoms with Crippen LogP contribution in [0.25, 0.3) is 0 Å². The van der Waals surface area contributed by atoms with Crippen molar-refractivity contribution in [3.05, 3.63) is 69.4 Å². The molecule has 1 aliphatic carbocycles. The van der Waals surface area contributed by atoms with Crippen LogP contribution in [0.4, 0.5) is 4.39 Å². The maximum atomic E-state index is 13.5. The molecule has 1 amide bonds. The Morgan fingerprint density at radius 1 is 1.19 bits per heavy atom. The second-order valence-corrected chi connectivity index (χ2v) is 6.17. The number of carbonyl (C=O) groups is 1. The molecular formula is C17H15BrFNO. The Bertz CT molecular complexity index is 686. The minimum atomic E-state index is -0.420. The summed E-state index contributed by atoms with van der Waals surface area (Å²) in [5, 5.41) is 3.00. The molecule has 1 unspecified atom stereocenters. The Morgan fingerprint density at radius 2 is 1.95 bits per heavy atom. The number of fused-ring (bicyclic) bond motifs is 1. The molecule has 2 aromatic rings. The van der Waals surface area contributed by atoms with Crippen LogP contribution in [0.15, 0.2) is 46.9 Å². The summed E-state index contributed by atoms with van der Waals surface area (Å²) < 4.78 is 13.9. The lowest BCUT2D eigenvalue weighted by Gasteiger charge is -2.25. The summed E-state index contributed by atoms with van der Waals surface area (Å²) in [5.41, 5.74) is 3.00. The Hall–Kier alpha value is -1.68. The minimum absolute atomic E-state index is 0.110. The highest BCUT2D eigenvalue weighted by atomic mass is 79.9. The zero-order chi connectivity index (χ0) is 14.8. The lowest BCUT2D eigenvalue weighted by molar-refractivity contribution is 0.0933. The van der Waals surface area contributed by atoms with Crippen molar-refractivity contribution in [3.63, 3.8) is 0 Å². The summed E-state index contributed by atoms with van der Waals surface area (Å²) in [6.07, 6.45) is 2.72. The average molecular weight is 348 g/mol. The second-order valence-electron chi connectivity index (χ2n) is 5.31. The first-order chi connectivity index (χ1) is 10.1.